The fraction of sp³-hybridized carbons (Fsp3) is 0.318. The molecule has 140 valence electrons. The number of hydrogen-bond acceptors (Lipinski definition) is 3. The minimum Gasteiger partial charge on any atom is -0.325 e. The predicted molar refractivity (Wildman–Crippen MR) is 106 cm³/mol. The van der Waals surface area contributed by atoms with E-state index >= 15 is 0 Å². The molecule has 0 heterocycles. The summed E-state index contributed by atoms with van der Waals surface area (Å²) in [5, 5.41) is 5.73. The first-order chi connectivity index (χ1) is 12.8. The van der Waals surface area contributed by atoms with Crippen LogP contribution in [-0.4, -0.2) is 17.6 Å². The van der Waals surface area contributed by atoms with Crippen LogP contribution >= 0.6 is 0 Å². The molecule has 0 atom stereocenters. The molecule has 1 fully saturated rings. The lowest BCUT2D eigenvalue weighted by molar-refractivity contribution is -0.131. The van der Waals surface area contributed by atoms with Crippen molar-refractivity contribution in [2.75, 3.05) is 10.6 Å². The van der Waals surface area contributed by atoms with E-state index in [4.69, 9.17) is 0 Å². The van der Waals surface area contributed by atoms with E-state index in [1.165, 1.54) is 6.92 Å². The minimum absolute atomic E-state index is 0.0738. The zero-order valence-electron chi connectivity index (χ0n) is 15.8. The van der Waals surface area contributed by atoms with Crippen LogP contribution in [0.2, 0.25) is 0 Å². The molecule has 0 spiro atoms. The summed E-state index contributed by atoms with van der Waals surface area (Å²) >= 11 is 0. The van der Waals surface area contributed by atoms with Gasteiger partial charge < -0.3 is 10.6 Å². The Bertz CT molecular complexity index is 898. The average molecular weight is 364 g/mol. The maximum atomic E-state index is 12.9. The molecule has 2 aromatic carbocycles. The van der Waals surface area contributed by atoms with Gasteiger partial charge in [-0.25, -0.2) is 0 Å². The monoisotopic (exact) mass is 364 g/mol. The number of carbonyl (C=O) groups is 3. The summed E-state index contributed by atoms with van der Waals surface area (Å²) in [5.41, 5.74) is 1.78. The second-order valence-electron chi connectivity index (χ2n) is 7.37. The lowest BCUT2D eigenvalue weighted by Gasteiger charge is -2.18. The highest BCUT2D eigenvalue weighted by molar-refractivity contribution is 6.17. The van der Waals surface area contributed by atoms with Gasteiger partial charge in [0.1, 0.15) is 5.41 Å². The molecular weight excluding hydrogens is 340 g/mol. The van der Waals surface area contributed by atoms with Gasteiger partial charge in [0.05, 0.1) is 0 Å². The average Bonchev–Trinajstić information content (AvgIpc) is 3.44. The number of Topliss-reactive ketones (excluding diaryl/α,β-unsaturated/α-hetero) is 1. The Morgan fingerprint density at radius 2 is 1.59 bits per heavy atom. The lowest BCUT2D eigenvalue weighted by atomic mass is 9.99. The zero-order valence-corrected chi connectivity index (χ0v) is 15.8. The first-order valence-electron chi connectivity index (χ1n) is 9.16. The molecule has 1 aliphatic carbocycles. The summed E-state index contributed by atoms with van der Waals surface area (Å²) in [5.74, 6) is -0.423. The van der Waals surface area contributed by atoms with Gasteiger partial charge in [0.2, 0.25) is 11.8 Å². The van der Waals surface area contributed by atoms with Gasteiger partial charge >= 0.3 is 0 Å². The van der Waals surface area contributed by atoms with Gasteiger partial charge in [0.25, 0.3) is 0 Å². The number of anilines is 2. The van der Waals surface area contributed by atoms with E-state index < -0.39 is 5.41 Å². The first-order valence-corrected chi connectivity index (χ1v) is 9.16. The molecule has 5 nitrogen and oxygen atoms in total. The summed E-state index contributed by atoms with van der Waals surface area (Å²) in [7, 11) is 0. The fourth-order valence-corrected chi connectivity index (χ4v) is 3.11. The van der Waals surface area contributed by atoms with Gasteiger partial charge in [0, 0.05) is 16.9 Å². The fourth-order valence-electron chi connectivity index (χ4n) is 3.11. The molecule has 2 N–H and O–H groups in total. The number of ketones is 1. The Morgan fingerprint density at radius 3 is 2.22 bits per heavy atom. The Morgan fingerprint density at radius 1 is 0.926 bits per heavy atom. The minimum atomic E-state index is -1.05. The van der Waals surface area contributed by atoms with Crippen molar-refractivity contribution >= 4 is 29.0 Å². The normalized spacial score (nSPS) is 14.5. The van der Waals surface area contributed by atoms with Gasteiger partial charge in [0.15, 0.2) is 5.78 Å². The van der Waals surface area contributed by atoms with Crippen molar-refractivity contribution in [1.82, 2.24) is 0 Å². The van der Waals surface area contributed by atoms with Crippen LogP contribution in [0.5, 0.6) is 0 Å². The lowest BCUT2D eigenvalue weighted by Crippen LogP contribution is -2.36. The molecule has 2 aromatic rings. The predicted octanol–water partition coefficient (Wildman–Crippen LogP) is 4.37. The van der Waals surface area contributed by atoms with E-state index in [0.717, 1.165) is 11.3 Å². The van der Waals surface area contributed by atoms with E-state index in [1.54, 1.807) is 24.3 Å². The summed E-state index contributed by atoms with van der Waals surface area (Å²) in [4.78, 5) is 37.1. The van der Waals surface area contributed by atoms with Gasteiger partial charge in [-0.05, 0) is 49.4 Å². The molecule has 0 aromatic heterocycles. The molecule has 3 rings (SSSR count). The number of hydrogen-bond donors (Lipinski definition) is 2. The molecule has 1 aliphatic rings. The Labute approximate surface area is 159 Å². The molecule has 2 amide bonds. The highest BCUT2D eigenvalue weighted by Crippen LogP contribution is 2.47. The smallest absolute Gasteiger partial charge is 0.240 e. The molecular formula is C22H24N2O3. The van der Waals surface area contributed by atoms with Crippen LogP contribution in [0.25, 0.3) is 0 Å². The zero-order chi connectivity index (χ0) is 19.6. The van der Waals surface area contributed by atoms with Gasteiger partial charge in [-0.3, -0.25) is 14.4 Å². The Hall–Kier alpha value is -2.95. The molecule has 0 bridgehead atoms. The topological polar surface area (TPSA) is 75.3 Å². The van der Waals surface area contributed by atoms with Crippen LogP contribution in [0.1, 0.15) is 55.5 Å². The standard InChI is InChI=1S/C22H24N2O3/c1-14(2)18-9-4-5-10-19(18)24-21(27)22(11-12-22)20(26)23-17-8-6-7-16(13-17)15(3)25/h4-10,13-14H,11-12H2,1-3H3,(H,23,26)(H,24,27). The summed E-state index contributed by atoms with van der Waals surface area (Å²) in [6.07, 6.45) is 1.03. The molecule has 27 heavy (non-hydrogen) atoms. The Balaban J connectivity index is 1.75. The SMILES string of the molecule is CC(=O)c1cccc(NC(=O)C2(C(=O)Nc3ccccc3C(C)C)CC2)c1. The molecule has 0 aliphatic heterocycles. The molecule has 0 unspecified atom stereocenters. The number of amides is 2. The van der Waals surface area contributed by atoms with Crippen molar-refractivity contribution in [2.45, 2.75) is 39.5 Å². The maximum absolute atomic E-state index is 12.9. The molecule has 0 saturated heterocycles. The second-order valence-corrected chi connectivity index (χ2v) is 7.37. The van der Waals surface area contributed by atoms with Crippen molar-refractivity contribution in [3.05, 3.63) is 59.7 Å². The highest BCUT2D eigenvalue weighted by atomic mass is 16.2. The van der Waals surface area contributed by atoms with Crippen LogP contribution in [0.15, 0.2) is 48.5 Å². The third-order valence-corrected chi connectivity index (χ3v) is 4.98. The number of nitrogens with one attached hydrogen (secondary N) is 2. The van der Waals surface area contributed by atoms with Crippen molar-refractivity contribution < 1.29 is 14.4 Å². The number of rotatable bonds is 6. The summed E-state index contributed by atoms with van der Waals surface area (Å²) in [6.45, 7) is 5.60. The van der Waals surface area contributed by atoms with Crippen molar-refractivity contribution in [1.29, 1.82) is 0 Å². The van der Waals surface area contributed by atoms with Crippen LogP contribution in [0.3, 0.4) is 0 Å². The van der Waals surface area contributed by atoms with E-state index in [-0.39, 0.29) is 23.5 Å². The van der Waals surface area contributed by atoms with Gasteiger partial charge in [-0.1, -0.05) is 44.2 Å². The van der Waals surface area contributed by atoms with E-state index in [1.807, 2.05) is 24.3 Å². The quantitative estimate of drug-likeness (QED) is 0.590. The summed E-state index contributed by atoms with van der Waals surface area (Å²) in [6, 6.07) is 14.4. The van der Waals surface area contributed by atoms with E-state index in [2.05, 4.69) is 24.5 Å². The van der Waals surface area contributed by atoms with Crippen molar-refractivity contribution in [2.24, 2.45) is 5.41 Å². The van der Waals surface area contributed by atoms with Crippen molar-refractivity contribution in [3.63, 3.8) is 0 Å². The largest absolute Gasteiger partial charge is 0.325 e. The van der Waals surface area contributed by atoms with Gasteiger partial charge in [-0.15, -0.1) is 0 Å². The number of benzene rings is 2. The molecule has 0 radical (unpaired) electrons. The number of para-hydroxylation sites is 1. The van der Waals surface area contributed by atoms with Crippen molar-refractivity contribution in [3.8, 4) is 0 Å². The van der Waals surface area contributed by atoms with E-state index in [9.17, 15) is 14.4 Å². The van der Waals surface area contributed by atoms with Crippen LogP contribution < -0.4 is 10.6 Å². The highest BCUT2D eigenvalue weighted by Gasteiger charge is 2.56. The van der Waals surface area contributed by atoms with Crippen LogP contribution in [-0.2, 0) is 9.59 Å². The third kappa shape index (κ3) is 3.92. The second kappa shape index (κ2) is 7.35. The first kappa shape index (κ1) is 18.8. The third-order valence-electron chi connectivity index (χ3n) is 4.98. The number of carbonyl (C=O) groups excluding carboxylic acids is 3. The Kier molecular flexibility index (Phi) is 5.13. The van der Waals surface area contributed by atoms with Gasteiger partial charge in [-0.2, -0.15) is 0 Å². The summed E-state index contributed by atoms with van der Waals surface area (Å²) < 4.78 is 0. The molecule has 1 saturated carbocycles. The van der Waals surface area contributed by atoms with Crippen LogP contribution in [0, 0.1) is 5.41 Å². The maximum Gasteiger partial charge on any atom is 0.240 e. The molecule has 5 heteroatoms. The van der Waals surface area contributed by atoms with Crippen LogP contribution in [0.4, 0.5) is 11.4 Å². The van der Waals surface area contributed by atoms with E-state index in [0.29, 0.717) is 24.1 Å².